The molecule has 0 bridgehead atoms. The minimum atomic E-state index is -4.00. The third-order valence-corrected chi connectivity index (χ3v) is 5.50. The van der Waals surface area contributed by atoms with E-state index in [1.54, 1.807) is 24.3 Å². The number of rotatable bonds is 4. The van der Waals surface area contributed by atoms with Gasteiger partial charge in [-0.3, -0.25) is 9.36 Å². The molecule has 5 heteroatoms. The van der Waals surface area contributed by atoms with Crippen LogP contribution in [0.5, 0.6) is 0 Å². The van der Waals surface area contributed by atoms with E-state index in [-0.39, 0.29) is 16.7 Å². The fourth-order valence-corrected chi connectivity index (χ4v) is 3.31. The summed E-state index contributed by atoms with van der Waals surface area (Å²) in [5, 5.41) is 0.0279. The van der Waals surface area contributed by atoms with Crippen molar-refractivity contribution in [3.05, 3.63) is 64.2 Å². The second-order valence-electron chi connectivity index (χ2n) is 5.23. The van der Waals surface area contributed by atoms with Gasteiger partial charge in [0, 0.05) is 18.2 Å². The fourth-order valence-electron chi connectivity index (χ4n) is 2.36. The van der Waals surface area contributed by atoms with Crippen molar-refractivity contribution in [3.63, 3.8) is 0 Å². The number of aryl methyl sites for hydroxylation is 1. The normalized spacial score (nSPS) is 13.7. The molecule has 0 heterocycles. The van der Waals surface area contributed by atoms with Crippen LogP contribution < -0.4 is 5.30 Å². The van der Waals surface area contributed by atoms with Crippen LogP contribution in [0.15, 0.2) is 36.4 Å². The number of carbonyl (C=O) groups is 1. The summed E-state index contributed by atoms with van der Waals surface area (Å²) in [4.78, 5) is 22.7. The van der Waals surface area contributed by atoms with E-state index in [2.05, 4.69) is 4.52 Å². The Morgan fingerprint density at radius 3 is 2.27 bits per heavy atom. The molecule has 0 aliphatic carbocycles. The topological polar surface area (TPSA) is 63.6 Å². The van der Waals surface area contributed by atoms with Gasteiger partial charge in [-0.05, 0) is 43.5 Å². The molecule has 0 radical (unpaired) electrons. The highest BCUT2D eigenvalue weighted by Crippen LogP contribution is 2.41. The van der Waals surface area contributed by atoms with Gasteiger partial charge < -0.3 is 9.42 Å². The standard InChI is InChI=1S/C17H19O4P/c1-11-9-10-14(13(3)12(11)2)17(18)15-7-5-6-8-16(15)22(19,20)21-4/h5-10H,1-4H3,(H,19,20). The molecule has 2 aromatic carbocycles. The van der Waals surface area contributed by atoms with Gasteiger partial charge in [0.2, 0.25) is 0 Å². The van der Waals surface area contributed by atoms with Gasteiger partial charge >= 0.3 is 7.60 Å². The highest BCUT2D eigenvalue weighted by Gasteiger charge is 2.28. The van der Waals surface area contributed by atoms with Crippen molar-refractivity contribution in [3.8, 4) is 0 Å². The third kappa shape index (κ3) is 2.91. The Balaban J connectivity index is 2.62. The molecule has 0 amide bonds. The molecule has 0 aliphatic rings. The molecule has 2 rings (SSSR count). The zero-order valence-electron chi connectivity index (χ0n) is 13.1. The average Bonchev–Trinajstić information content (AvgIpc) is 2.52. The lowest BCUT2D eigenvalue weighted by molar-refractivity contribution is 0.103. The van der Waals surface area contributed by atoms with Gasteiger partial charge in [-0.1, -0.05) is 30.3 Å². The van der Waals surface area contributed by atoms with Crippen LogP contribution in [-0.4, -0.2) is 17.8 Å². The first-order valence-corrected chi connectivity index (χ1v) is 8.47. The molecule has 22 heavy (non-hydrogen) atoms. The lowest BCUT2D eigenvalue weighted by atomic mass is 9.93. The van der Waals surface area contributed by atoms with Crippen LogP contribution in [-0.2, 0) is 9.09 Å². The summed E-state index contributed by atoms with van der Waals surface area (Å²) in [6, 6.07) is 9.92. The van der Waals surface area contributed by atoms with Crippen LogP contribution in [0.2, 0.25) is 0 Å². The minimum Gasteiger partial charge on any atom is -0.321 e. The van der Waals surface area contributed by atoms with Gasteiger partial charge in [-0.25, -0.2) is 0 Å². The molecule has 0 spiro atoms. The number of ketones is 1. The van der Waals surface area contributed by atoms with Crippen LogP contribution in [0.3, 0.4) is 0 Å². The van der Waals surface area contributed by atoms with Gasteiger partial charge in [0.05, 0.1) is 5.30 Å². The number of hydrogen-bond donors (Lipinski definition) is 1. The van der Waals surface area contributed by atoms with E-state index in [4.69, 9.17) is 0 Å². The first kappa shape index (κ1) is 16.6. The van der Waals surface area contributed by atoms with Gasteiger partial charge in [0.1, 0.15) is 0 Å². The van der Waals surface area contributed by atoms with Gasteiger partial charge in [-0.2, -0.15) is 0 Å². The largest absolute Gasteiger partial charge is 0.359 e. The van der Waals surface area contributed by atoms with Crippen molar-refractivity contribution in [2.45, 2.75) is 20.8 Å². The summed E-state index contributed by atoms with van der Waals surface area (Å²) in [5.41, 5.74) is 3.76. The van der Waals surface area contributed by atoms with Crippen molar-refractivity contribution < 1.29 is 18.8 Å². The summed E-state index contributed by atoms with van der Waals surface area (Å²) in [6.07, 6.45) is 0. The monoisotopic (exact) mass is 318 g/mol. The maximum atomic E-state index is 12.8. The Kier molecular flexibility index (Phi) is 4.66. The maximum Gasteiger partial charge on any atom is 0.359 e. The molecule has 0 aromatic heterocycles. The molecule has 0 saturated heterocycles. The van der Waals surface area contributed by atoms with E-state index >= 15 is 0 Å². The predicted octanol–water partition coefficient (Wildman–Crippen LogP) is 3.30. The van der Waals surface area contributed by atoms with E-state index < -0.39 is 7.60 Å². The fraction of sp³-hybridized carbons (Fsp3) is 0.235. The summed E-state index contributed by atoms with van der Waals surface area (Å²) in [7, 11) is -2.84. The summed E-state index contributed by atoms with van der Waals surface area (Å²) in [6.45, 7) is 5.82. The van der Waals surface area contributed by atoms with E-state index in [1.165, 1.54) is 6.07 Å². The van der Waals surface area contributed by atoms with E-state index in [9.17, 15) is 14.3 Å². The zero-order valence-corrected chi connectivity index (χ0v) is 14.0. The van der Waals surface area contributed by atoms with Crippen molar-refractivity contribution in [1.29, 1.82) is 0 Å². The highest BCUT2D eigenvalue weighted by atomic mass is 31.2. The molecule has 116 valence electrons. The molecular formula is C17H19O4P. The predicted molar refractivity (Wildman–Crippen MR) is 87.0 cm³/mol. The Bertz CT molecular complexity index is 780. The number of carbonyl (C=O) groups excluding carboxylic acids is 1. The SMILES string of the molecule is COP(=O)(O)c1ccccc1C(=O)c1ccc(C)c(C)c1C. The molecular weight excluding hydrogens is 299 g/mol. The Morgan fingerprint density at radius 2 is 1.64 bits per heavy atom. The van der Waals surface area contributed by atoms with Crippen LogP contribution in [0.25, 0.3) is 0 Å². The number of hydrogen-bond acceptors (Lipinski definition) is 3. The third-order valence-electron chi connectivity index (χ3n) is 4.00. The van der Waals surface area contributed by atoms with Crippen LogP contribution in [0.1, 0.15) is 32.6 Å². The molecule has 1 unspecified atom stereocenters. The van der Waals surface area contributed by atoms with Gasteiger partial charge in [0.15, 0.2) is 5.78 Å². The lowest BCUT2D eigenvalue weighted by Gasteiger charge is -2.15. The van der Waals surface area contributed by atoms with Crippen LogP contribution in [0.4, 0.5) is 0 Å². The molecule has 4 nitrogen and oxygen atoms in total. The molecule has 2 aromatic rings. The van der Waals surface area contributed by atoms with E-state index in [1.807, 2.05) is 26.8 Å². The maximum absolute atomic E-state index is 12.8. The zero-order chi connectivity index (χ0) is 16.5. The summed E-state index contributed by atoms with van der Waals surface area (Å²) < 4.78 is 16.8. The highest BCUT2D eigenvalue weighted by molar-refractivity contribution is 7.61. The minimum absolute atomic E-state index is 0.0279. The van der Waals surface area contributed by atoms with Gasteiger partial charge in [-0.15, -0.1) is 0 Å². The number of benzene rings is 2. The first-order chi connectivity index (χ1) is 10.3. The molecule has 0 aliphatic heterocycles. The Hall–Kier alpha value is -1.74. The summed E-state index contributed by atoms with van der Waals surface area (Å²) >= 11 is 0. The van der Waals surface area contributed by atoms with Gasteiger partial charge in [0.25, 0.3) is 0 Å². The summed E-state index contributed by atoms with van der Waals surface area (Å²) in [5.74, 6) is -0.275. The molecule has 1 atom stereocenters. The van der Waals surface area contributed by atoms with Crippen LogP contribution >= 0.6 is 7.60 Å². The lowest BCUT2D eigenvalue weighted by Crippen LogP contribution is -2.18. The second-order valence-corrected chi connectivity index (χ2v) is 7.12. The average molecular weight is 318 g/mol. The molecule has 0 fully saturated rings. The van der Waals surface area contributed by atoms with Crippen molar-refractivity contribution in [2.75, 3.05) is 7.11 Å². The van der Waals surface area contributed by atoms with Crippen molar-refractivity contribution in [2.24, 2.45) is 0 Å². The Morgan fingerprint density at radius 1 is 1.00 bits per heavy atom. The molecule has 1 N–H and O–H groups in total. The van der Waals surface area contributed by atoms with Crippen LogP contribution in [0, 0.1) is 20.8 Å². The smallest absolute Gasteiger partial charge is 0.321 e. The second kappa shape index (κ2) is 6.17. The quantitative estimate of drug-likeness (QED) is 0.694. The van der Waals surface area contributed by atoms with E-state index in [0.717, 1.165) is 23.8 Å². The first-order valence-electron chi connectivity index (χ1n) is 6.89. The van der Waals surface area contributed by atoms with Crippen molar-refractivity contribution >= 4 is 18.7 Å². The van der Waals surface area contributed by atoms with Crippen molar-refractivity contribution in [1.82, 2.24) is 0 Å². The Labute approximate surface area is 130 Å². The van der Waals surface area contributed by atoms with E-state index in [0.29, 0.717) is 5.56 Å². The molecule has 0 saturated carbocycles.